The molecule has 0 aliphatic carbocycles. The van der Waals surface area contributed by atoms with Gasteiger partial charge in [-0.1, -0.05) is 25.1 Å². The van der Waals surface area contributed by atoms with Crippen LogP contribution in [-0.4, -0.2) is 48.6 Å². The predicted molar refractivity (Wildman–Crippen MR) is 81.4 cm³/mol. The molecule has 0 spiro atoms. The van der Waals surface area contributed by atoms with Gasteiger partial charge >= 0.3 is 5.97 Å². The first-order chi connectivity index (χ1) is 9.99. The van der Waals surface area contributed by atoms with Gasteiger partial charge in [-0.3, -0.25) is 14.5 Å². The van der Waals surface area contributed by atoms with Crippen LogP contribution in [0.3, 0.4) is 0 Å². The second-order valence-corrected chi connectivity index (χ2v) is 5.71. The average molecular weight is 290 g/mol. The van der Waals surface area contributed by atoms with Gasteiger partial charge in [-0.15, -0.1) is 0 Å². The van der Waals surface area contributed by atoms with Crippen molar-refractivity contribution in [1.29, 1.82) is 0 Å². The summed E-state index contributed by atoms with van der Waals surface area (Å²) in [5.41, 5.74) is 2.20. The van der Waals surface area contributed by atoms with Crippen LogP contribution in [-0.2, 0) is 16.0 Å². The molecule has 1 heterocycles. The molecule has 1 aromatic rings. The van der Waals surface area contributed by atoms with Crippen molar-refractivity contribution in [2.45, 2.75) is 19.8 Å². The second-order valence-electron chi connectivity index (χ2n) is 5.71. The van der Waals surface area contributed by atoms with Gasteiger partial charge in [0.2, 0.25) is 5.91 Å². The molecular formula is C16H22N2O3. The molecule has 2 rings (SSSR count). The van der Waals surface area contributed by atoms with E-state index < -0.39 is 11.9 Å². The highest BCUT2D eigenvalue weighted by Gasteiger charge is 2.23. The summed E-state index contributed by atoms with van der Waals surface area (Å²) < 4.78 is 0. The third kappa shape index (κ3) is 3.82. The standard InChI is InChI=1S/C16H22N2O3/c1-12(16(20)21)10-17(2)11-15(19)18-9-5-7-13-6-3-4-8-14(13)18/h3-4,6,8,12H,5,7,9-11H2,1-2H3,(H,20,21). The van der Waals surface area contributed by atoms with E-state index in [2.05, 4.69) is 6.07 Å². The molecule has 0 aromatic heterocycles. The van der Waals surface area contributed by atoms with Crippen LogP contribution in [0, 0.1) is 5.92 Å². The molecule has 0 radical (unpaired) electrons. The summed E-state index contributed by atoms with van der Waals surface area (Å²) in [6.07, 6.45) is 1.98. The van der Waals surface area contributed by atoms with Gasteiger partial charge in [-0.05, 0) is 31.5 Å². The lowest BCUT2D eigenvalue weighted by atomic mass is 10.0. The number of fused-ring (bicyclic) bond motifs is 1. The summed E-state index contributed by atoms with van der Waals surface area (Å²) in [4.78, 5) is 26.9. The van der Waals surface area contributed by atoms with Crippen molar-refractivity contribution in [2.75, 3.05) is 31.6 Å². The predicted octanol–water partition coefficient (Wildman–Crippen LogP) is 1.62. The minimum atomic E-state index is -0.836. The van der Waals surface area contributed by atoms with E-state index in [4.69, 9.17) is 5.11 Å². The summed E-state index contributed by atoms with van der Waals surface area (Å²) in [6.45, 7) is 3.00. The third-order valence-corrected chi connectivity index (χ3v) is 3.82. The maximum absolute atomic E-state index is 12.5. The maximum atomic E-state index is 12.5. The van der Waals surface area contributed by atoms with Gasteiger partial charge in [-0.2, -0.15) is 0 Å². The summed E-state index contributed by atoms with van der Waals surface area (Å²) in [5.74, 6) is -1.28. The molecule has 5 nitrogen and oxygen atoms in total. The zero-order chi connectivity index (χ0) is 15.4. The lowest BCUT2D eigenvalue weighted by Gasteiger charge is -2.31. The van der Waals surface area contributed by atoms with Crippen molar-refractivity contribution in [3.8, 4) is 0 Å². The zero-order valence-corrected chi connectivity index (χ0v) is 12.6. The number of anilines is 1. The van der Waals surface area contributed by atoms with Crippen molar-refractivity contribution in [3.05, 3.63) is 29.8 Å². The van der Waals surface area contributed by atoms with Crippen LogP contribution in [0.1, 0.15) is 18.9 Å². The number of aryl methyl sites for hydroxylation is 1. The van der Waals surface area contributed by atoms with Crippen molar-refractivity contribution < 1.29 is 14.7 Å². The Balaban J connectivity index is 2.00. The molecule has 114 valence electrons. The van der Waals surface area contributed by atoms with Crippen LogP contribution in [0.4, 0.5) is 5.69 Å². The van der Waals surface area contributed by atoms with Gasteiger partial charge in [-0.25, -0.2) is 0 Å². The number of rotatable bonds is 5. The summed E-state index contributed by atoms with van der Waals surface area (Å²) in [6, 6.07) is 7.98. The van der Waals surface area contributed by atoms with Crippen LogP contribution >= 0.6 is 0 Å². The Morgan fingerprint density at radius 3 is 2.81 bits per heavy atom. The molecule has 0 bridgehead atoms. The van der Waals surface area contributed by atoms with Crippen molar-refractivity contribution in [3.63, 3.8) is 0 Å². The molecule has 5 heteroatoms. The highest BCUT2D eigenvalue weighted by molar-refractivity contribution is 5.95. The zero-order valence-electron chi connectivity index (χ0n) is 12.6. The normalized spacial score (nSPS) is 15.7. The molecule has 1 amide bonds. The Kier molecular flexibility index (Phi) is 4.96. The molecule has 1 aliphatic rings. The fraction of sp³-hybridized carbons (Fsp3) is 0.500. The quantitative estimate of drug-likeness (QED) is 0.895. The Morgan fingerprint density at radius 1 is 1.38 bits per heavy atom. The lowest BCUT2D eigenvalue weighted by molar-refractivity contribution is -0.142. The first kappa shape index (κ1) is 15.5. The van der Waals surface area contributed by atoms with E-state index in [1.807, 2.05) is 23.1 Å². The molecule has 1 aliphatic heterocycles. The van der Waals surface area contributed by atoms with Crippen LogP contribution < -0.4 is 4.90 Å². The summed E-state index contributed by atoms with van der Waals surface area (Å²) in [5, 5.41) is 8.92. The number of likely N-dealkylation sites (N-methyl/N-ethyl adjacent to an activating group) is 1. The van der Waals surface area contributed by atoms with Gasteiger partial charge in [0.05, 0.1) is 12.5 Å². The fourth-order valence-corrected chi connectivity index (χ4v) is 2.72. The van der Waals surface area contributed by atoms with Gasteiger partial charge in [0.1, 0.15) is 0 Å². The van der Waals surface area contributed by atoms with Gasteiger partial charge in [0.15, 0.2) is 0 Å². The van der Waals surface area contributed by atoms with Crippen molar-refractivity contribution in [1.82, 2.24) is 4.90 Å². The molecule has 21 heavy (non-hydrogen) atoms. The number of carbonyl (C=O) groups is 2. The van der Waals surface area contributed by atoms with E-state index in [0.717, 1.165) is 25.1 Å². The Hall–Kier alpha value is -1.88. The Labute approximate surface area is 125 Å². The summed E-state index contributed by atoms with van der Waals surface area (Å²) in [7, 11) is 1.78. The topological polar surface area (TPSA) is 60.9 Å². The first-order valence-electron chi connectivity index (χ1n) is 7.28. The number of para-hydroxylation sites is 1. The molecule has 0 saturated carbocycles. The lowest BCUT2D eigenvalue weighted by Crippen LogP contribution is -2.43. The third-order valence-electron chi connectivity index (χ3n) is 3.82. The minimum absolute atomic E-state index is 0.0299. The molecule has 0 saturated heterocycles. The number of carboxylic acid groups (broad SMARTS) is 1. The van der Waals surface area contributed by atoms with Crippen LogP contribution in [0.2, 0.25) is 0 Å². The van der Waals surface area contributed by atoms with Crippen molar-refractivity contribution in [2.24, 2.45) is 5.92 Å². The second kappa shape index (κ2) is 6.72. The van der Waals surface area contributed by atoms with E-state index in [-0.39, 0.29) is 12.5 Å². The van der Waals surface area contributed by atoms with E-state index in [9.17, 15) is 9.59 Å². The number of carboxylic acids is 1. The number of nitrogens with zero attached hydrogens (tertiary/aromatic N) is 2. The largest absolute Gasteiger partial charge is 0.481 e. The minimum Gasteiger partial charge on any atom is -0.481 e. The number of benzene rings is 1. The van der Waals surface area contributed by atoms with Gasteiger partial charge in [0.25, 0.3) is 0 Å². The van der Waals surface area contributed by atoms with E-state index >= 15 is 0 Å². The number of aliphatic carboxylic acids is 1. The molecular weight excluding hydrogens is 268 g/mol. The van der Waals surface area contributed by atoms with Crippen LogP contribution in [0.15, 0.2) is 24.3 Å². The van der Waals surface area contributed by atoms with Gasteiger partial charge < -0.3 is 10.0 Å². The molecule has 1 atom stereocenters. The maximum Gasteiger partial charge on any atom is 0.307 e. The average Bonchev–Trinajstić information content (AvgIpc) is 2.46. The van der Waals surface area contributed by atoms with E-state index in [1.54, 1.807) is 18.9 Å². The van der Waals surface area contributed by atoms with Crippen molar-refractivity contribution >= 4 is 17.6 Å². The molecule has 1 N–H and O–H groups in total. The number of amides is 1. The highest BCUT2D eigenvalue weighted by Crippen LogP contribution is 2.26. The SMILES string of the molecule is CC(CN(C)CC(=O)N1CCCc2ccccc21)C(=O)O. The Bertz CT molecular complexity index is 530. The van der Waals surface area contributed by atoms with Gasteiger partial charge in [0, 0.05) is 18.8 Å². The van der Waals surface area contributed by atoms with Crippen LogP contribution in [0.25, 0.3) is 0 Å². The molecule has 1 unspecified atom stereocenters. The Morgan fingerprint density at radius 2 is 2.10 bits per heavy atom. The van der Waals surface area contributed by atoms with Crippen LogP contribution in [0.5, 0.6) is 0 Å². The number of hydrogen-bond acceptors (Lipinski definition) is 3. The first-order valence-corrected chi connectivity index (χ1v) is 7.28. The molecule has 1 aromatic carbocycles. The molecule has 0 fully saturated rings. The summed E-state index contributed by atoms with van der Waals surface area (Å²) >= 11 is 0. The fourth-order valence-electron chi connectivity index (χ4n) is 2.72. The van der Waals surface area contributed by atoms with E-state index in [1.165, 1.54) is 5.56 Å². The highest BCUT2D eigenvalue weighted by atomic mass is 16.4. The smallest absolute Gasteiger partial charge is 0.307 e. The number of hydrogen-bond donors (Lipinski definition) is 1. The monoisotopic (exact) mass is 290 g/mol. The van der Waals surface area contributed by atoms with E-state index in [0.29, 0.717) is 6.54 Å². The number of carbonyl (C=O) groups excluding carboxylic acids is 1.